The second kappa shape index (κ2) is 9.63. The maximum atomic E-state index is 13.5. The molecule has 0 bridgehead atoms. The third-order valence-corrected chi connectivity index (χ3v) is 6.95. The van der Waals surface area contributed by atoms with Gasteiger partial charge in [-0.25, -0.2) is 8.42 Å². The summed E-state index contributed by atoms with van der Waals surface area (Å²) in [7, 11) is -2.04. The largest absolute Gasteiger partial charge is 0.493 e. The average molecular weight is 488 g/mol. The third kappa shape index (κ3) is 4.74. The molecule has 1 atom stereocenters. The van der Waals surface area contributed by atoms with Gasteiger partial charge in [0.05, 0.1) is 36.6 Å². The van der Waals surface area contributed by atoms with Crippen LogP contribution in [0.25, 0.3) is 0 Å². The van der Waals surface area contributed by atoms with E-state index in [-0.39, 0.29) is 11.1 Å². The Hall–Kier alpha value is -3.11. The number of anilines is 1. The molecule has 2 aliphatic rings. The van der Waals surface area contributed by atoms with E-state index in [0.717, 1.165) is 43.0 Å². The van der Waals surface area contributed by atoms with Crippen LogP contribution in [0, 0.1) is 0 Å². The topological polar surface area (TPSA) is 105 Å². The number of nitrogens with one attached hydrogen (secondary N) is 1. The smallest absolute Gasteiger partial charge is 0.262 e. The highest BCUT2D eigenvalue weighted by atomic mass is 32.2. The van der Waals surface area contributed by atoms with Crippen molar-refractivity contribution >= 4 is 27.3 Å². The lowest BCUT2D eigenvalue weighted by Crippen LogP contribution is -2.43. The maximum Gasteiger partial charge on any atom is 0.262 e. The fourth-order valence-corrected chi connectivity index (χ4v) is 5.34. The highest BCUT2D eigenvalue weighted by molar-refractivity contribution is 7.90. The Labute approximate surface area is 199 Å². The predicted molar refractivity (Wildman–Crippen MR) is 129 cm³/mol. The second-order valence-corrected chi connectivity index (χ2v) is 10.6. The lowest BCUT2D eigenvalue weighted by Gasteiger charge is -2.29. The van der Waals surface area contributed by atoms with Crippen LogP contribution in [0.5, 0.6) is 11.5 Å². The summed E-state index contributed by atoms with van der Waals surface area (Å²) < 4.78 is 35.6. The zero-order valence-corrected chi connectivity index (χ0v) is 20.4. The summed E-state index contributed by atoms with van der Waals surface area (Å²) in [6.45, 7) is 5.47. The van der Waals surface area contributed by atoms with E-state index in [1.807, 2.05) is 13.0 Å². The van der Waals surface area contributed by atoms with Crippen LogP contribution in [0.1, 0.15) is 39.2 Å². The van der Waals surface area contributed by atoms with Crippen LogP contribution in [-0.4, -0.2) is 77.0 Å². The molecule has 0 spiro atoms. The van der Waals surface area contributed by atoms with Gasteiger partial charge in [-0.1, -0.05) is 6.07 Å². The molecule has 2 heterocycles. The van der Waals surface area contributed by atoms with Gasteiger partial charge < -0.3 is 19.7 Å². The monoisotopic (exact) mass is 487 g/mol. The summed E-state index contributed by atoms with van der Waals surface area (Å²) in [5.74, 6) is -0.514. The summed E-state index contributed by atoms with van der Waals surface area (Å²) in [4.78, 5) is 30.1. The molecule has 2 aromatic rings. The molecule has 0 saturated carbocycles. The molecule has 4 rings (SSSR count). The minimum absolute atomic E-state index is 0.279. The van der Waals surface area contributed by atoms with Crippen molar-refractivity contribution in [1.82, 2.24) is 10.2 Å². The number of imide groups is 1. The van der Waals surface area contributed by atoms with Gasteiger partial charge in [-0.2, -0.15) is 0 Å². The normalized spacial score (nSPS) is 17.0. The van der Waals surface area contributed by atoms with Crippen molar-refractivity contribution in [2.24, 2.45) is 0 Å². The molecule has 0 radical (unpaired) electrons. The first-order valence-electron chi connectivity index (χ1n) is 11.2. The molecule has 0 aliphatic carbocycles. The summed E-state index contributed by atoms with van der Waals surface area (Å²) in [5, 5.41) is 3.29. The SMILES string of the molecule is CCOc1cc([C@@H](CS(C)(=O)=O)N2C(=O)c3ccc(N4CCNCC4)cc3C2=O)ccc1OC. The van der Waals surface area contributed by atoms with Gasteiger partial charge in [0, 0.05) is 38.1 Å². The second-order valence-electron chi connectivity index (χ2n) is 8.40. The van der Waals surface area contributed by atoms with E-state index in [1.165, 1.54) is 7.11 Å². The molecule has 1 saturated heterocycles. The van der Waals surface area contributed by atoms with Gasteiger partial charge in [0.1, 0.15) is 9.84 Å². The minimum atomic E-state index is -3.54. The summed E-state index contributed by atoms with van der Waals surface area (Å²) in [6, 6.07) is 9.17. The Balaban J connectivity index is 1.74. The Morgan fingerprint density at radius 3 is 2.35 bits per heavy atom. The number of amides is 2. The quantitative estimate of drug-likeness (QED) is 0.563. The van der Waals surface area contributed by atoms with Gasteiger partial charge in [-0.05, 0) is 42.8 Å². The molecule has 10 heteroatoms. The first-order valence-corrected chi connectivity index (χ1v) is 13.3. The number of ether oxygens (including phenoxy) is 2. The van der Waals surface area contributed by atoms with Crippen molar-refractivity contribution < 1.29 is 27.5 Å². The van der Waals surface area contributed by atoms with Crippen molar-refractivity contribution in [2.75, 3.05) is 56.8 Å². The number of methoxy groups -OCH3 is 1. The molecule has 1 N–H and O–H groups in total. The van der Waals surface area contributed by atoms with Gasteiger partial charge in [0.2, 0.25) is 0 Å². The van der Waals surface area contributed by atoms with E-state index < -0.39 is 33.4 Å². The summed E-state index contributed by atoms with van der Waals surface area (Å²) in [6.07, 6.45) is 1.09. The van der Waals surface area contributed by atoms with Gasteiger partial charge in [-0.3, -0.25) is 14.5 Å². The zero-order chi connectivity index (χ0) is 24.5. The van der Waals surface area contributed by atoms with E-state index >= 15 is 0 Å². The highest BCUT2D eigenvalue weighted by Crippen LogP contribution is 2.37. The van der Waals surface area contributed by atoms with Crippen molar-refractivity contribution in [3.63, 3.8) is 0 Å². The van der Waals surface area contributed by atoms with Crippen LogP contribution in [0.2, 0.25) is 0 Å². The number of fused-ring (bicyclic) bond motifs is 1. The van der Waals surface area contributed by atoms with Crippen molar-refractivity contribution in [3.8, 4) is 11.5 Å². The summed E-state index contributed by atoms with van der Waals surface area (Å²) in [5.41, 5.74) is 1.91. The average Bonchev–Trinajstić information content (AvgIpc) is 3.07. The Kier molecular flexibility index (Phi) is 6.81. The molecule has 9 nitrogen and oxygen atoms in total. The Bertz CT molecular complexity index is 1210. The van der Waals surface area contributed by atoms with Crippen LogP contribution < -0.4 is 19.7 Å². The molecule has 34 heavy (non-hydrogen) atoms. The molecule has 1 fully saturated rings. The Morgan fingerprint density at radius 2 is 1.71 bits per heavy atom. The molecular weight excluding hydrogens is 458 g/mol. The number of piperazine rings is 1. The number of rotatable bonds is 8. The molecular formula is C24H29N3O6S. The number of hydrogen-bond donors (Lipinski definition) is 1. The molecule has 0 unspecified atom stereocenters. The maximum absolute atomic E-state index is 13.5. The van der Waals surface area contributed by atoms with Crippen molar-refractivity contribution in [3.05, 3.63) is 53.1 Å². The molecule has 182 valence electrons. The van der Waals surface area contributed by atoms with Crippen LogP contribution in [0.3, 0.4) is 0 Å². The number of sulfone groups is 1. The number of benzene rings is 2. The summed E-state index contributed by atoms with van der Waals surface area (Å²) >= 11 is 0. The zero-order valence-electron chi connectivity index (χ0n) is 19.5. The first kappa shape index (κ1) is 24.0. The predicted octanol–water partition coefficient (Wildman–Crippen LogP) is 1.89. The van der Waals surface area contributed by atoms with Gasteiger partial charge >= 0.3 is 0 Å². The lowest BCUT2D eigenvalue weighted by atomic mass is 10.1. The van der Waals surface area contributed by atoms with E-state index in [4.69, 9.17) is 9.47 Å². The van der Waals surface area contributed by atoms with E-state index in [9.17, 15) is 18.0 Å². The van der Waals surface area contributed by atoms with Gasteiger partial charge in [-0.15, -0.1) is 0 Å². The van der Waals surface area contributed by atoms with Crippen LogP contribution in [0.15, 0.2) is 36.4 Å². The van der Waals surface area contributed by atoms with E-state index in [2.05, 4.69) is 10.2 Å². The highest BCUT2D eigenvalue weighted by Gasteiger charge is 2.42. The van der Waals surface area contributed by atoms with Crippen LogP contribution >= 0.6 is 0 Å². The molecule has 2 aliphatic heterocycles. The van der Waals surface area contributed by atoms with Gasteiger partial charge in [0.15, 0.2) is 11.5 Å². The first-order chi connectivity index (χ1) is 16.2. The molecule has 2 aromatic carbocycles. The van der Waals surface area contributed by atoms with Crippen LogP contribution in [-0.2, 0) is 9.84 Å². The number of carbonyl (C=O) groups excluding carboxylic acids is 2. The third-order valence-electron chi connectivity index (χ3n) is 6.03. The molecule has 2 amide bonds. The number of nitrogens with zero attached hydrogens (tertiary/aromatic N) is 2. The molecule has 0 aromatic heterocycles. The lowest BCUT2D eigenvalue weighted by molar-refractivity contribution is 0.0597. The fourth-order valence-electron chi connectivity index (χ4n) is 4.43. The Morgan fingerprint density at radius 1 is 1.00 bits per heavy atom. The van der Waals surface area contributed by atoms with Crippen molar-refractivity contribution in [2.45, 2.75) is 13.0 Å². The number of carbonyl (C=O) groups is 2. The van der Waals surface area contributed by atoms with Crippen LogP contribution in [0.4, 0.5) is 5.69 Å². The standard InChI is InChI=1S/C24H29N3O6S/c1-4-33-22-13-16(5-8-21(22)32-2)20(15-34(3,30)31)27-23(28)18-7-6-17(14-19(18)24(27)29)26-11-9-25-10-12-26/h5-8,13-14,20,25H,4,9-12,15H2,1-3H3/t20-/m1/s1. The number of hydrogen-bond acceptors (Lipinski definition) is 8. The minimum Gasteiger partial charge on any atom is -0.493 e. The van der Waals surface area contributed by atoms with E-state index in [0.29, 0.717) is 23.7 Å². The fraction of sp³-hybridized carbons (Fsp3) is 0.417. The van der Waals surface area contributed by atoms with Crippen molar-refractivity contribution in [1.29, 1.82) is 0 Å². The van der Waals surface area contributed by atoms with Gasteiger partial charge in [0.25, 0.3) is 11.8 Å². The van der Waals surface area contributed by atoms with E-state index in [1.54, 1.807) is 30.3 Å².